The molecule has 3 aliphatic rings. The van der Waals surface area contributed by atoms with E-state index in [2.05, 4.69) is 36.4 Å². The number of nitrogens with zero attached hydrogens (tertiary/aromatic N) is 6. The Labute approximate surface area is 298 Å². The predicted molar refractivity (Wildman–Crippen MR) is 194 cm³/mol. The van der Waals surface area contributed by atoms with E-state index in [-0.39, 0.29) is 23.0 Å². The summed E-state index contributed by atoms with van der Waals surface area (Å²) >= 11 is 6.64. The van der Waals surface area contributed by atoms with Gasteiger partial charge in [-0.2, -0.15) is 5.10 Å². The molecule has 2 bridgehead atoms. The average molecular weight is 697 g/mol. The van der Waals surface area contributed by atoms with E-state index in [4.69, 9.17) is 31.7 Å². The van der Waals surface area contributed by atoms with E-state index in [0.29, 0.717) is 33.1 Å². The molecule has 0 amide bonds. The Bertz CT molecular complexity index is 2330. The van der Waals surface area contributed by atoms with Gasteiger partial charge in [-0.05, 0) is 67.2 Å². The van der Waals surface area contributed by atoms with Crippen molar-refractivity contribution >= 4 is 39.6 Å². The van der Waals surface area contributed by atoms with Gasteiger partial charge < -0.3 is 9.67 Å². The van der Waals surface area contributed by atoms with Gasteiger partial charge >= 0.3 is 5.97 Å². The number of hydrogen-bond acceptors (Lipinski definition) is 5. The Morgan fingerprint density at radius 3 is 1.98 bits per heavy atom. The van der Waals surface area contributed by atoms with Crippen molar-refractivity contribution in [3.05, 3.63) is 143 Å². The molecule has 4 aromatic heterocycles. The first-order valence-electron chi connectivity index (χ1n) is 17.4. The van der Waals surface area contributed by atoms with Crippen LogP contribution < -0.4 is 0 Å². The Kier molecular flexibility index (Phi) is 7.50. The fraction of sp³-hybridized carbons (Fsp3) is 0.244. The van der Waals surface area contributed by atoms with Crippen LogP contribution >= 0.6 is 11.6 Å². The molecule has 4 heterocycles. The van der Waals surface area contributed by atoms with Crippen LogP contribution in [-0.4, -0.2) is 40.4 Å². The number of halogens is 2. The van der Waals surface area contributed by atoms with Crippen molar-refractivity contribution in [2.75, 3.05) is 0 Å². The van der Waals surface area contributed by atoms with Crippen LogP contribution in [0.3, 0.4) is 0 Å². The molecule has 3 aromatic carbocycles. The molecular weight excluding hydrogens is 663 g/mol. The SMILES string of the molecule is Cc1nc(-c2nn(C(c3ccccc3)(c3ccccc3)c3ccccc3)c3ncc(Cl)cc23)nc2c1c(F)cn2[C@H]1C2CCC(CC2)[C@@H]1C(=O)O. The highest BCUT2D eigenvalue weighted by Gasteiger charge is 2.49. The summed E-state index contributed by atoms with van der Waals surface area (Å²) in [5.74, 6) is -1.46. The van der Waals surface area contributed by atoms with E-state index >= 15 is 4.39 Å². The summed E-state index contributed by atoms with van der Waals surface area (Å²) in [4.78, 5) is 27.5. The van der Waals surface area contributed by atoms with Crippen molar-refractivity contribution in [3.63, 3.8) is 0 Å². The second-order valence-electron chi connectivity index (χ2n) is 13.8. The number of hydrogen-bond donors (Lipinski definition) is 1. The Hall–Kier alpha value is -5.41. The van der Waals surface area contributed by atoms with Crippen LogP contribution in [0.1, 0.15) is 54.1 Å². The molecule has 0 saturated heterocycles. The van der Waals surface area contributed by atoms with Crippen molar-refractivity contribution in [3.8, 4) is 11.5 Å². The molecule has 0 aliphatic heterocycles. The van der Waals surface area contributed by atoms with Gasteiger partial charge in [0.2, 0.25) is 0 Å². The Balaban J connectivity index is 1.34. The molecule has 10 rings (SSSR count). The third-order valence-electron chi connectivity index (χ3n) is 11.2. The molecular formula is C41H34ClFN6O2. The lowest BCUT2D eigenvalue weighted by atomic mass is 9.61. The van der Waals surface area contributed by atoms with Gasteiger partial charge in [0.05, 0.1) is 33.4 Å². The third kappa shape index (κ3) is 4.82. The molecule has 10 heteroatoms. The number of aryl methyl sites for hydroxylation is 1. The summed E-state index contributed by atoms with van der Waals surface area (Å²) in [5.41, 5.74) is 3.72. The molecule has 0 radical (unpaired) electrons. The fourth-order valence-corrected chi connectivity index (χ4v) is 9.21. The molecule has 3 aliphatic carbocycles. The van der Waals surface area contributed by atoms with E-state index in [0.717, 1.165) is 42.4 Å². The van der Waals surface area contributed by atoms with Gasteiger partial charge in [-0.25, -0.2) is 24.0 Å². The number of rotatable bonds is 7. The summed E-state index contributed by atoms with van der Waals surface area (Å²) in [5, 5.41) is 17.1. The van der Waals surface area contributed by atoms with E-state index in [1.165, 1.54) is 6.20 Å². The summed E-state index contributed by atoms with van der Waals surface area (Å²) in [6.45, 7) is 1.76. The van der Waals surface area contributed by atoms with Gasteiger partial charge in [0, 0.05) is 12.4 Å². The Morgan fingerprint density at radius 1 is 0.843 bits per heavy atom. The van der Waals surface area contributed by atoms with Gasteiger partial charge in [-0.15, -0.1) is 0 Å². The molecule has 2 atom stereocenters. The molecule has 0 spiro atoms. The molecule has 51 heavy (non-hydrogen) atoms. The van der Waals surface area contributed by atoms with Gasteiger partial charge in [0.25, 0.3) is 0 Å². The number of pyridine rings is 1. The number of aromatic nitrogens is 6. The molecule has 1 N–H and O–H groups in total. The van der Waals surface area contributed by atoms with Crippen LogP contribution in [0.15, 0.2) is 109 Å². The lowest BCUT2D eigenvalue weighted by Crippen LogP contribution is -2.44. The molecule has 254 valence electrons. The lowest BCUT2D eigenvalue weighted by molar-refractivity contribution is -0.151. The van der Waals surface area contributed by atoms with Gasteiger partial charge in [-0.1, -0.05) is 103 Å². The van der Waals surface area contributed by atoms with Crippen LogP contribution in [0.5, 0.6) is 0 Å². The highest BCUT2D eigenvalue weighted by atomic mass is 35.5. The van der Waals surface area contributed by atoms with Crippen LogP contribution in [0.25, 0.3) is 33.6 Å². The topological polar surface area (TPSA) is 98.7 Å². The van der Waals surface area contributed by atoms with E-state index < -0.39 is 29.3 Å². The zero-order valence-corrected chi connectivity index (χ0v) is 28.6. The van der Waals surface area contributed by atoms with Crippen molar-refractivity contribution < 1.29 is 14.3 Å². The quantitative estimate of drug-likeness (QED) is 0.167. The molecule has 3 fully saturated rings. The van der Waals surface area contributed by atoms with Crippen LogP contribution in [0.2, 0.25) is 5.02 Å². The minimum absolute atomic E-state index is 0.0513. The van der Waals surface area contributed by atoms with Crippen LogP contribution in [-0.2, 0) is 10.3 Å². The zero-order valence-electron chi connectivity index (χ0n) is 27.8. The monoisotopic (exact) mass is 696 g/mol. The fourth-order valence-electron chi connectivity index (χ4n) is 9.05. The predicted octanol–water partition coefficient (Wildman–Crippen LogP) is 8.85. The van der Waals surface area contributed by atoms with Crippen molar-refractivity contribution in [1.29, 1.82) is 0 Å². The number of benzene rings is 3. The van der Waals surface area contributed by atoms with Crippen LogP contribution in [0.4, 0.5) is 4.39 Å². The second kappa shape index (κ2) is 12.1. The second-order valence-corrected chi connectivity index (χ2v) is 14.3. The standard InChI is InChI=1S/C41H34ClFN6O2/c1-24-33-32(43)23-48(36-26-19-17-25(18-20-26)34(36)40(50)51)39(33)46-37(45-24)35-31-21-30(42)22-44-38(31)49(47-35)41(27-11-5-2-6-12-27,28-13-7-3-8-14-28)29-15-9-4-10-16-29/h2-16,21-23,25-26,34,36H,17-20H2,1H3,(H,50,51)/t25?,26?,34-,36-/m0/s1. The number of carboxylic acid groups (broad SMARTS) is 1. The molecule has 0 unspecified atom stereocenters. The first kappa shape index (κ1) is 31.6. The minimum atomic E-state index is -0.984. The van der Waals surface area contributed by atoms with Gasteiger partial charge in [0.1, 0.15) is 16.9 Å². The van der Waals surface area contributed by atoms with Crippen molar-refractivity contribution in [2.24, 2.45) is 17.8 Å². The number of carboxylic acids is 1. The Morgan fingerprint density at radius 2 is 1.41 bits per heavy atom. The number of fused-ring (bicyclic) bond motifs is 5. The van der Waals surface area contributed by atoms with Gasteiger partial charge in [-0.3, -0.25) is 4.79 Å². The lowest BCUT2D eigenvalue weighted by Gasteiger charge is -2.47. The maximum atomic E-state index is 15.9. The highest BCUT2D eigenvalue weighted by Crippen LogP contribution is 2.52. The summed E-state index contributed by atoms with van der Waals surface area (Å²) < 4.78 is 19.6. The van der Waals surface area contributed by atoms with E-state index in [9.17, 15) is 9.90 Å². The first-order valence-corrected chi connectivity index (χ1v) is 17.7. The van der Waals surface area contributed by atoms with Crippen molar-refractivity contribution in [1.82, 2.24) is 29.3 Å². The maximum absolute atomic E-state index is 15.9. The van der Waals surface area contributed by atoms with E-state index in [1.54, 1.807) is 17.7 Å². The van der Waals surface area contributed by atoms with E-state index in [1.807, 2.05) is 65.3 Å². The van der Waals surface area contributed by atoms with Crippen molar-refractivity contribution in [2.45, 2.75) is 44.2 Å². The zero-order chi connectivity index (χ0) is 34.9. The largest absolute Gasteiger partial charge is 0.481 e. The molecule has 8 nitrogen and oxygen atoms in total. The minimum Gasteiger partial charge on any atom is -0.481 e. The first-order chi connectivity index (χ1) is 24.9. The highest BCUT2D eigenvalue weighted by molar-refractivity contribution is 6.31. The summed E-state index contributed by atoms with van der Waals surface area (Å²) in [6, 6.07) is 32.0. The number of aliphatic carboxylic acids is 1. The maximum Gasteiger partial charge on any atom is 0.308 e. The molecule has 3 saturated carbocycles. The number of carbonyl (C=O) groups is 1. The normalized spacial score (nSPS) is 20.3. The molecule has 7 aromatic rings. The smallest absolute Gasteiger partial charge is 0.308 e. The summed E-state index contributed by atoms with van der Waals surface area (Å²) in [7, 11) is 0. The third-order valence-corrected chi connectivity index (χ3v) is 11.4. The van der Waals surface area contributed by atoms with Gasteiger partial charge in [0.15, 0.2) is 17.3 Å². The average Bonchev–Trinajstić information content (AvgIpc) is 3.71. The van der Waals surface area contributed by atoms with Crippen LogP contribution in [0, 0.1) is 30.5 Å². The summed E-state index contributed by atoms with van der Waals surface area (Å²) in [6.07, 6.45) is 6.62.